The van der Waals surface area contributed by atoms with E-state index in [-0.39, 0.29) is 11.5 Å². The number of fused-ring (bicyclic) bond motifs is 1. The molecule has 3 aromatic carbocycles. The van der Waals surface area contributed by atoms with Gasteiger partial charge in [-0.1, -0.05) is 48.0 Å². The van der Waals surface area contributed by atoms with Crippen LogP contribution in [0.3, 0.4) is 0 Å². The number of hydrogen-bond acceptors (Lipinski definition) is 3. The molecule has 0 aliphatic carbocycles. The number of carbonyl (C=O) groups excluding carboxylic acids is 1. The van der Waals surface area contributed by atoms with Gasteiger partial charge in [-0.05, 0) is 35.4 Å². The quantitative estimate of drug-likeness (QED) is 0.731. The van der Waals surface area contributed by atoms with Gasteiger partial charge in [-0.3, -0.25) is 4.79 Å². The van der Waals surface area contributed by atoms with E-state index in [4.69, 9.17) is 4.74 Å². The second-order valence-electron chi connectivity index (χ2n) is 5.63. The van der Waals surface area contributed by atoms with E-state index in [2.05, 4.69) is 0 Å². The first kappa shape index (κ1) is 15.1. The Morgan fingerprint density at radius 1 is 1.09 bits per heavy atom. The van der Waals surface area contributed by atoms with E-state index in [1.54, 1.807) is 12.1 Å². The van der Waals surface area contributed by atoms with E-state index in [0.29, 0.717) is 17.7 Å². The van der Waals surface area contributed by atoms with E-state index in [1.165, 1.54) is 7.11 Å². The summed E-state index contributed by atoms with van der Waals surface area (Å²) in [5.74, 6) is 0.572. The average Bonchev–Trinajstić information content (AvgIpc) is 2.55. The number of aromatic hydroxyl groups is 1. The van der Waals surface area contributed by atoms with Crippen LogP contribution in [0.25, 0.3) is 10.8 Å². The van der Waals surface area contributed by atoms with Crippen molar-refractivity contribution in [3.8, 4) is 11.5 Å². The fraction of sp³-hybridized carbons (Fsp3) is 0.150. The van der Waals surface area contributed by atoms with Crippen molar-refractivity contribution in [2.24, 2.45) is 0 Å². The molecule has 0 heterocycles. The van der Waals surface area contributed by atoms with Crippen LogP contribution in [-0.2, 0) is 6.42 Å². The molecule has 0 unspecified atom stereocenters. The zero-order chi connectivity index (χ0) is 16.4. The first-order valence-corrected chi connectivity index (χ1v) is 7.47. The van der Waals surface area contributed by atoms with Crippen LogP contribution in [0.2, 0.25) is 0 Å². The minimum absolute atomic E-state index is 0.0628. The molecule has 116 valence electrons. The van der Waals surface area contributed by atoms with E-state index >= 15 is 0 Å². The predicted molar refractivity (Wildman–Crippen MR) is 91.4 cm³/mol. The highest BCUT2D eigenvalue weighted by molar-refractivity contribution is 6.00. The Balaban J connectivity index is 1.98. The Morgan fingerprint density at radius 2 is 1.83 bits per heavy atom. The lowest BCUT2D eigenvalue weighted by atomic mass is 9.97. The predicted octanol–water partition coefficient (Wildman–Crippen LogP) is 4.29. The van der Waals surface area contributed by atoms with Gasteiger partial charge in [0.2, 0.25) is 0 Å². The number of ether oxygens (including phenoxy) is 1. The Kier molecular flexibility index (Phi) is 4.02. The summed E-state index contributed by atoms with van der Waals surface area (Å²) in [7, 11) is 1.52. The Labute approximate surface area is 135 Å². The zero-order valence-electron chi connectivity index (χ0n) is 13.2. The van der Waals surface area contributed by atoms with Gasteiger partial charge in [0.05, 0.1) is 7.11 Å². The van der Waals surface area contributed by atoms with Gasteiger partial charge >= 0.3 is 0 Å². The van der Waals surface area contributed by atoms with Crippen LogP contribution >= 0.6 is 0 Å². The molecule has 0 bridgehead atoms. The van der Waals surface area contributed by atoms with Crippen LogP contribution in [0.5, 0.6) is 11.5 Å². The largest absolute Gasteiger partial charge is 0.504 e. The highest BCUT2D eigenvalue weighted by Crippen LogP contribution is 2.33. The van der Waals surface area contributed by atoms with E-state index < -0.39 is 0 Å². The molecule has 0 aromatic heterocycles. The first-order chi connectivity index (χ1) is 11.1. The summed E-state index contributed by atoms with van der Waals surface area (Å²) in [4.78, 5) is 12.5. The second kappa shape index (κ2) is 6.13. The van der Waals surface area contributed by atoms with Crippen LogP contribution in [0.1, 0.15) is 21.5 Å². The molecule has 0 fully saturated rings. The molecule has 0 spiro atoms. The topological polar surface area (TPSA) is 46.5 Å². The SMILES string of the molecule is COc1cc2cccc(CC(=O)c3ccc(C)cc3)c2cc1O. The summed E-state index contributed by atoms with van der Waals surface area (Å²) in [5.41, 5.74) is 2.72. The Hall–Kier alpha value is -2.81. The molecule has 0 atom stereocenters. The van der Waals surface area contributed by atoms with Crippen molar-refractivity contribution >= 4 is 16.6 Å². The molecule has 3 rings (SSSR count). The molecule has 3 aromatic rings. The third kappa shape index (κ3) is 3.04. The minimum atomic E-state index is 0.0628. The minimum Gasteiger partial charge on any atom is -0.504 e. The van der Waals surface area contributed by atoms with Crippen molar-refractivity contribution in [3.63, 3.8) is 0 Å². The highest BCUT2D eigenvalue weighted by atomic mass is 16.5. The number of methoxy groups -OCH3 is 1. The molecule has 23 heavy (non-hydrogen) atoms. The lowest BCUT2D eigenvalue weighted by molar-refractivity contribution is 0.0993. The molecule has 0 radical (unpaired) electrons. The highest BCUT2D eigenvalue weighted by Gasteiger charge is 2.12. The molecule has 0 aliphatic heterocycles. The van der Waals surface area contributed by atoms with Gasteiger partial charge in [-0.15, -0.1) is 0 Å². The van der Waals surface area contributed by atoms with Crippen LogP contribution in [0, 0.1) is 6.92 Å². The second-order valence-corrected chi connectivity index (χ2v) is 5.63. The van der Waals surface area contributed by atoms with E-state index in [9.17, 15) is 9.90 Å². The van der Waals surface area contributed by atoms with Gasteiger partial charge < -0.3 is 9.84 Å². The summed E-state index contributed by atoms with van der Waals surface area (Å²) in [6.07, 6.45) is 0.298. The molecular formula is C20H18O3. The maximum absolute atomic E-state index is 12.5. The fourth-order valence-corrected chi connectivity index (χ4v) is 2.69. The van der Waals surface area contributed by atoms with E-state index in [1.807, 2.05) is 49.4 Å². The summed E-state index contributed by atoms with van der Waals surface area (Å²) in [6, 6.07) is 16.8. The third-order valence-corrected chi connectivity index (χ3v) is 3.99. The van der Waals surface area contributed by atoms with Crippen molar-refractivity contribution in [3.05, 3.63) is 71.3 Å². The molecule has 0 saturated carbocycles. The fourth-order valence-electron chi connectivity index (χ4n) is 2.69. The van der Waals surface area contributed by atoms with Crippen molar-refractivity contribution in [1.82, 2.24) is 0 Å². The van der Waals surface area contributed by atoms with Gasteiger partial charge in [0.25, 0.3) is 0 Å². The lowest BCUT2D eigenvalue weighted by Gasteiger charge is -2.10. The summed E-state index contributed by atoms with van der Waals surface area (Å²) >= 11 is 0. The number of benzene rings is 3. The molecule has 3 heteroatoms. The van der Waals surface area contributed by atoms with Gasteiger partial charge in [-0.25, -0.2) is 0 Å². The summed E-state index contributed by atoms with van der Waals surface area (Å²) in [6.45, 7) is 2.00. The van der Waals surface area contributed by atoms with Gasteiger partial charge in [-0.2, -0.15) is 0 Å². The molecule has 0 aliphatic rings. The number of phenolic OH excluding ortho intramolecular Hbond substituents is 1. The number of hydrogen-bond donors (Lipinski definition) is 1. The lowest BCUT2D eigenvalue weighted by Crippen LogP contribution is -2.04. The maximum Gasteiger partial charge on any atom is 0.167 e. The van der Waals surface area contributed by atoms with Gasteiger partial charge in [0.1, 0.15) is 0 Å². The van der Waals surface area contributed by atoms with Gasteiger partial charge in [0, 0.05) is 12.0 Å². The zero-order valence-corrected chi connectivity index (χ0v) is 13.2. The van der Waals surface area contributed by atoms with Crippen molar-refractivity contribution in [1.29, 1.82) is 0 Å². The molecule has 0 saturated heterocycles. The molecule has 1 N–H and O–H groups in total. The number of Topliss-reactive ketones (excluding diaryl/α,β-unsaturated/α-hetero) is 1. The number of aryl methyl sites for hydroxylation is 1. The Morgan fingerprint density at radius 3 is 2.52 bits per heavy atom. The number of carbonyl (C=O) groups is 1. The third-order valence-electron chi connectivity index (χ3n) is 3.99. The summed E-state index contributed by atoms with van der Waals surface area (Å²) in [5, 5.41) is 11.8. The van der Waals surface area contributed by atoms with Gasteiger partial charge in [0.15, 0.2) is 17.3 Å². The number of rotatable bonds is 4. The van der Waals surface area contributed by atoms with Crippen LogP contribution in [0.4, 0.5) is 0 Å². The van der Waals surface area contributed by atoms with Crippen molar-refractivity contribution < 1.29 is 14.6 Å². The molecule has 0 amide bonds. The number of phenols is 1. The summed E-state index contributed by atoms with van der Waals surface area (Å²) < 4.78 is 5.14. The van der Waals surface area contributed by atoms with Crippen LogP contribution < -0.4 is 4.74 Å². The number of ketones is 1. The van der Waals surface area contributed by atoms with Crippen molar-refractivity contribution in [2.75, 3.05) is 7.11 Å². The smallest absolute Gasteiger partial charge is 0.167 e. The monoisotopic (exact) mass is 306 g/mol. The van der Waals surface area contributed by atoms with Crippen LogP contribution in [-0.4, -0.2) is 18.0 Å². The maximum atomic E-state index is 12.5. The van der Waals surface area contributed by atoms with Crippen LogP contribution in [0.15, 0.2) is 54.6 Å². The first-order valence-electron chi connectivity index (χ1n) is 7.47. The molecular weight excluding hydrogens is 288 g/mol. The van der Waals surface area contributed by atoms with E-state index in [0.717, 1.165) is 21.9 Å². The molecule has 3 nitrogen and oxygen atoms in total. The Bertz CT molecular complexity index is 864. The standard InChI is InChI=1S/C20H18O3/c1-13-6-8-14(9-7-13)18(21)10-15-4-3-5-16-11-20(23-2)19(22)12-17(15)16/h3-9,11-12,22H,10H2,1-2H3. The normalized spacial score (nSPS) is 10.7. The average molecular weight is 306 g/mol. The van der Waals surface area contributed by atoms with Crippen molar-refractivity contribution in [2.45, 2.75) is 13.3 Å².